The Morgan fingerprint density at radius 3 is 2.44 bits per heavy atom. The second-order valence-corrected chi connectivity index (χ2v) is 4.73. The first kappa shape index (κ1) is 15.6. The van der Waals surface area contributed by atoms with Crippen molar-refractivity contribution in [3.8, 4) is 0 Å². The zero-order valence-electron chi connectivity index (χ0n) is 9.60. The predicted octanol–water partition coefficient (Wildman–Crippen LogP) is 1.70. The molecule has 0 aromatic heterocycles. The number of nitrogens with one attached hydrogen (secondary N) is 1. The molecule has 0 aliphatic carbocycles. The second kappa shape index (κ2) is 7.01. The van der Waals surface area contributed by atoms with Crippen LogP contribution in [0.5, 0.6) is 0 Å². The van der Waals surface area contributed by atoms with Crippen LogP contribution in [-0.2, 0) is 4.79 Å². The molecule has 1 amide bonds. The number of thioether (sulfide) groups is 1. The lowest BCUT2D eigenvalue weighted by Crippen LogP contribution is -2.40. The number of rotatable bonds is 6. The Bertz CT molecular complexity index is 221. The van der Waals surface area contributed by atoms with Crippen LogP contribution in [0.15, 0.2) is 0 Å². The fraction of sp³-hybridized carbons (Fsp3) is 0.889. The molecule has 0 unspecified atom stereocenters. The first-order valence-electron chi connectivity index (χ1n) is 4.91. The van der Waals surface area contributed by atoms with Crippen LogP contribution in [0.1, 0.15) is 13.8 Å². The average Bonchev–Trinajstić information content (AvgIpc) is 2.13. The van der Waals surface area contributed by atoms with Crippen molar-refractivity contribution in [3.05, 3.63) is 0 Å². The lowest BCUT2D eigenvalue weighted by molar-refractivity contribution is -0.130. The van der Waals surface area contributed by atoms with Gasteiger partial charge in [0.25, 0.3) is 0 Å². The van der Waals surface area contributed by atoms with E-state index in [1.165, 1.54) is 0 Å². The quantitative estimate of drug-likeness (QED) is 0.736. The minimum Gasteiger partial charge on any atom is -0.342 e. The van der Waals surface area contributed by atoms with Crippen LogP contribution < -0.4 is 5.32 Å². The molecule has 0 bridgehead atoms. The molecule has 0 atom stereocenters. The molecule has 0 fully saturated rings. The molecule has 0 saturated heterocycles. The highest BCUT2D eigenvalue weighted by molar-refractivity contribution is 8.00. The molecule has 7 heteroatoms. The number of carbonyl (C=O) groups excluding carboxylic acids is 1. The molecule has 0 aliphatic heterocycles. The van der Waals surface area contributed by atoms with E-state index in [4.69, 9.17) is 0 Å². The number of amides is 1. The van der Waals surface area contributed by atoms with Crippen LogP contribution >= 0.6 is 11.8 Å². The topological polar surface area (TPSA) is 32.3 Å². The molecule has 0 rings (SSSR count). The zero-order chi connectivity index (χ0) is 12.8. The molecule has 0 aromatic rings. The SMILES string of the molecule is CC(C)N(C)C(=O)CNCCSC(F)(F)F. The molecule has 96 valence electrons. The summed E-state index contributed by atoms with van der Waals surface area (Å²) in [7, 11) is 1.67. The fourth-order valence-electron chi connectivity index (χ4n) is 0.847. The molecule has 0 spiro atoms. The van der Waals surface area contributed by atoms with Gasteiger partial charge in [0.05, 0.1) is 6.54 Å². The van der Waals surface area contributed by atoms with Gasteiger partial charge in [0, 0.05) is 25.4 Å². The Kier molecular flexibility index (Phi) is 6.82. The van der Waals surface area contributed by atoms with Crippen molar-refractivity contribution in [2.75, 3.05) is 25.9 Å². The minimum absolute atomic E-state index is 0.0765. The third-order valence-electron chi connectivity index (χ3n) is 1.99. The largest absolute Gasteiger partial charge is 0.441 e. The number of nitrogens with zero attached hydrogens (tertiary/aromatic N) is 1. The Labute approximate surface area is 97.7 Å². The first-order chi connectivity index (χ1) is 7.24. The summed E-state index contributed by atoms with van der Waals surface area (Å²) in [4.78, 5) is 12.9. The van der Waals surface area contributed by atoms with Gasteiger partial charge in [-0.1, -0.05) is 0 Å². The number of alkyl halides is 3. The number of likely N-dealkylation sites (N-methyl/N-ethyl adjacent to an activating group) is 1. The summed E-state index contributed by atoms with van der Waals surface area (Å²) in [6.45, 7) is 3.99. The van der Waals surface area contributed by atoms with Crippen molar-refractivity contribution in [3.63, 3.8) is 0 Å². The summed E-state index contributed by atoms with van der Waals surface area (Å²) >= 11 is -0.0875. The molecular formula is C9H17F3N2OS. The Balaban J connectivity index is 3.56. The van der Waals surface area contributed by atoms with Gasteiger partial charge in [-0.25, -0.2) is 0 Å². The molecular weight excluding hydrogens is 241 g/mol. The lowest BCUT2D eigenvalue weighted by Gasteiger charge is -2.21. The van der Waals surface area contributed by atoms with Gasteiger partial charge in [0.1, 0.15) is 0 Å². The van der Waals surface area contributed by atoms with E-state index in [-0.39, 0.29) is 42.6 Å². The van der Waals surface area contributed by atoms with Crippen LogP contribution in [0.4, 0.5) is 13.2 Å². The van der Waals surface area contributed by atoms with Crippen LogP contribution in [0.3, 0.4) is 0 Å². The smallest absolute Gasteiger partial charge is 0.342 e. The Morgan fingerprint density at radius 1 is 1.44 bits per heavy atom. The van der Waals surface area contributed by atoms with E-state index in [0.29, 0.717) is 0 Å². The molecule has 3 nitrogen and oxygen atoms in total. The van der Waals surface area contributed by atoms with Gasteiger partial charge in [-0.15, -0.1) is 0 Å². The standard InChI is InChI=1S/C9H17F3N2OS/c1-7(2)14(3)8(15)6-13-4-5-16-9(10,11)12/h7,13H,4-6H2,1-3H3. The number of hydrogen-bond donors (Lipinski definition) is 1. The van der Waals surface area contributed by atoms with Gasteiger partial charge >= 0.3 is 5.51 Å². The monoisotopic (exact) mass is 258 g/mol. The van der Waals surface area contributed by atoms with E-state index < -0.39 is 5.51 Å². The summed E-state index contributed by atoms with van der Waals surface area (Å²) in [5, 5.41) is 2.68. The highest BCUT2D eigenvalue weighted by Crippen LogP contribution is 2.29. The van der Waals surface area contributed by atoms with E-state index in [9.17, 15) is 18.0 Å². The van der Waals surface area contributed by atoms with Crippen molar-refractivity contribution in [1.82, 2.24) is 10.2 Å². The van der Waals surface area contributed by atoms with Crippen molar-refractivity contribution in [2.45, 2.75) is 25.4 Å². The fourth-order valence-corrected chi connectivity index (χ4v) is 1.32. The van der Waals surface area contributed by atoms with E-state index in [1.807, 2.05) is 13.8 Å². The maximum atomic E-state index is 11.7. The van der Waals surface area contributed by atoms with E-state index in [0.717, 1.165) is 0 Å². The average molecular weight is 258 g/mol. The minimum atomic E-state index is -4.19. The van der Waals surface area contributed by atoms with E-state index >= 15 is 0 Å². The van der Waals surface area contributed by atoms with Gasteiger partial charge in [-0.05, 0) is 25.6 Å². The maximum absolute atomic E-state index is 11.7. The summed E-state index contributed by atoms with van der Waals surface area (Å²) in [5.41, 5.74) is -4.19. The van der Waals surface area contributed by atoms with E-state index in [1.54, 1.807) is 11.9 Å². The third-order valence-corrected chi connectivity index (χ3v) is 2.72. The maximum Gasteiger partial charge on any atom is 0.441 e. The first-order valence-corrected chi connectivity index (χ1v) is 5.89. The molecule has 1 N–H and O–H groups in total. The Morgan fingerprint density at radius 2 is 2.00 bits per heavy atom. The van der Waals surface area contributed by atoms with E-state index in [2.05, 4.69) is 5.32 Å². The molecule has 0 radical (unpaired) electrons. The van der Waals surface area contributed by atoms with Crippen LogP contribution in [0, 0.1) is 0 Å². The summed E-state index contributed by atoms with van der Waals surface area (Å²) in [5.74, 6) is -0.200. The van der Waals surface area contributed by atoms with Crippen LogP contribution in [-0.4, -0.2) is 48.2 Å². The van der Waals surface area contributed by atoms with Gasteiger partial charge < -0.3 is 10.2 Å². The number of hydrogen-bond acceptors (Lipinski definition) is 3. The third kappa shape index (κ3) is 7.81. The number of halogens is 3. The van der Waals surface area contributed by atoms with Crippen molar-refractivity contribution in [1.29, 1.82) is 0 Å². The van der Waals surface area contributed by atoms with Crippen LogP contribution in [0.25, 0.3) is 0 Å². The second-order valence-electron chi connectivity index (χ2n) is 3.57. The highest BCUT2D eigenvalue weighted by atomic mass is 32.2. The van der Waals surface area contributed by atoms with Crippen molar-refractivity contribution < 1.29 is 18.0 Å². The molecule has 0 heterocycles. The van der Waals surface area contributed by atoms with Gasteiger partial charge in [0.2, 0.25) is 5.91 Å². The van der Waals surface area contributed by atoms with Gasteiger partial charge in [-0.3, -0.25) is 4.79 Å². The molecule has 0 aliphatic rings. The van der Waals surface area contributed by atoms with Gasteiger partial charge in [0.15, 0.2) is 0 Å². The van der Waals surface area contributed by atoms with Crippen LogP contribution in [0.2, 0.25) is 0 Å². The van der Waals surface area contributed by atoms with Gasteiger partial charge in [-0.2, -0.15) is 13.2 Å². The number of carbonyl (C=O) groups is 1. The lowest BCUT2D eigenvalue weighted by atomic mass is 10.3. The molecule has 0 saturated carbocycles. The Hall–Kier alpha value is -0.430. The summed E-state index contributed by atoms with van der Waals surface area (Å²) in [6, 6.07) is 0.0962. The molecule has 16 heavy (non-hydrogen) atoms. The normalized spacial score (nSPS) is 11.9. The van der Waals surface area contributed by atoms with Crippen molar-refractivity contribution >= 4 is 17.7 Å². The summed E-state index contributed by atoms with van der Waals surface area (Å²) in [6.07, 6.45) is 0. The zero-order valence-corrected chi connectivity index (χ0v) is 10.4. The van der Waals surface area contributed by atoms with Crippen molar-refractivity contribution in [2.24, 2.45) is 0 Å². The predicted molar refractivity (Wildman–Crippen MR) is 59.3 cm³/mol. The highest BCUT2D eigenvalue weighted by Gasteiger charge is 2.27. The molecule has 0 aromatic carbocycles. The summed E-state index contributed by atoms with van der Waals surface area (Å²) < 4.78 is 35.2.